The summed E-state index contributed by atoms with van der Waals surface area (Å²) in [5.74, 6) is 0.0696. The zero-order valence-corrected chi connectivity index (χ0v) is 12.5. The molecule has 2 rings (SSSR count). The summed E-state index contributed by atoms with van der Waals surface area (Å²) < 4.78 is 0. The predicted molar refractivity (Wildman–Crippen MR) is 80.7 cm³/mol. The van der Waals surface area contributed by atoms with Crippen molar-refractivity contribution in [2.75, 3.05) is 7.05 Å². The summed E-state index contributed by atoms with van der Waals surface area (Å²) in [5.41, 5.74) is 2.13. The van der Waals surface area contributed by atoms with Crippen LogP contribution in [-0.4, -0.2) is 29.1 Å². The Bertz CT molecular complexity index is 441. The molecule has 1 saturated carbocycles. The number of aliphatic carboxylic acids is 1. The Hall–Kier alpha value is -1.35. The first kappa shape index (κ1) is 15.0. The molecule has 2 unspecified atom stereocenters. The Labute approximate surface area is 121 Å². The van der Waals surface area contributed by atoms with Crippen LogP contribution >= 0.6 is 0 Å². The first-order valence-corrected chi connectivity index (χ1v) is 7.54. The third-order valence-corrected chi connectivity index (χ3v) is 4.34. The summed E-state index contributed by atoms with van der Waals surface area (Å²) in [4.78, 5) is 13.1. The van der Waals surface area contributed by atoms with Gasteiger partial charge >= 0.3 is 5.97 Å². The molecule has 1 aliphatic carbocycles. The second-order valence-corrected chi connectivity index (χ2v) is 6.23. The minimum absolute atomic E-state index is 0.107. The highest BCUT2D eigenvalue weighted by Crippen LogP contribution is 2.27. The van der Waals surface area contributed by atoms with Crippen molar-refractivity contribution < 1.29 is 9.90 Å². The largest absolute Gasteiger partial charge is 0.481 e. The Morgan fingerprint density at radius 3 is 2.50 bits per heavy atom. The Morgan fingerprint density at radius 1 is 1.25 bits per heavy atom. The van der Waals surface area contributed by atoms with Crippen LogP contribution in [-0.2, 0) is 17.8 Å². The van der Waals surface area contributed by atoms with Crippen LogP contribution in [0.4, 0.5) is 0 Å². The van der Waals surface area contributed by atoms with Gasteiger partial charge in [-0.3, -0.25) is 9.69 Å². The third kappa shape index (κ3) is 4.34. The number of carbonyl (C=O) groups is 1. The van der Waals surface area contributed by atoms with Crippen molar-refractivity contribution in [1.82, 2.24) is 4.90 Å². The number of hydrogen-bond donors (Lipinski definition) is 1. The van der Waals surface area contributed by atoms with Crippen LogP contribution in [0.25, 0.3) is 0 Å². The molecule has 0 radical (unpaired) electrons. The molecule has 0 bridgehead atoms. The second-order valence-electron chi connectivity index (χ2n) is 6.23. The van der Waals surface area contributed by atoms with Crippen LogP contribution in [0.15, 0.2) is 24.3 Å². The zero-order chi connectivity index (χ0) is 14.5. The SMILES string of the molecule is CC1CCCC(N(C)Cc2ccc(CC(=O)O)cc2)C1. The molecule has 3 nitrogen and oxygen atoms in total. The zero-order valence-electron chi connectivity index (χ0n) is 12.5. The molecule has 0 heterocycles. The van der Waals surface area contributed by atoms with E-state index in [9.17, 15) is 4.79 Å². The van der Waals surface area contributed by atoms with E-state index in [1.54, 1.807) is 0 Å². The van der Waals surface area contributed by atoms with E-state index in [4.69, 9.17) is 5.11 Å². The summed E-state index contributed by atoms with van der Waals surface area (Å²) in [6.45, 7) is 3.30. The molecule has 1 fully saturated rings. The van der Waals surface area contributed by atoms with Crippen molar-refractivity contribution in [3.05, 3.63) is 35.4 Å². The Morgan fingerprint density at radius 2 is 1.90 bits per heavy atom. The van der Waals surface area contributed by atoms with Crippen molar-refractivity contribution in [3.63, 3.8) is 0 Å². The molecule has 0 saturated heterocycles. The second kappa shape index (κ2) is 6.89. The van der Waals surface area contributed by atoms with Gasteiger partial charge in [0.1, 0.15) is 0 Å². The van der Waals surface area contributed by atoms with Gasteiger partial charge in [0.05, 0.1) is 6.42 Å². The van der Waals surface area contributed by atoms with Gasteiger partial charge in [-0.1, -0.05) is 44.0 Å². The van der Waals surface area contributed by atoms with Gasteiger partial charge in [-0.05, 0) is 36.9 Å². The van der Waals surface area contributed by atoms with Crippen LogP contribution < -0.4 is 0 Å². The van der Waals surface area contributed by atoms with Gasteiger partial charge in [0, 0.05) is 12.6 Å². The van der Waals surface area contributed by atoms with Crippen LogP contribution in [0.5, 0.6) is 0 Å². The van der Waals surface area contributed by atoms with E-state index in [1.807, 2.05) is 12.1 Å². The molecule has 110 valence electrons. The van der Waals surface area contributed by atoms with E-state index in [0.29, 0.717) is 6.04 Å². The lowest BCUT2D eigenvalue weighted by Crippen LogP contribution is -2.35. The first-order valence-electron chi connectivity index (χ1n) is 7.54. The summed E-state index contributed by atoms with van der Waals surface area (Å²) in [6, 6.07) is 8.67. The molecule has 1 N–H and O–H groups in total. The minimum Gasteiger partial charge on any atom is -0.481 e. The minimum atomic E-state index is -0.772. The highest BCUT2D eigenvalue weighted by atomic mass is 16.4. The van der Waals surface area contributed by atoms with Gasteiger partial charge in [-0.2, -0.15) is 0 Å². The van der Waals surface area contributed by atoms with Crippen LogP contribution in [0, 0.1) is 5.92 Å². The Kier molecular flexibility index (Phi) is 5.18. The summed E-state index contributed by atoms with van der Waals surface area (Å²) in [6.07, 6.45) is 5.42. The maximum Gasteiger partial charge on any atom is 0.307 e. The quantitative estimate of drug-likeness (QED) is 0.896. The standard InChI is InChI=1S/C17H25NO2/c1-13-4-3-5-16(10-13)18(2)12-15-8-6-14(7-9-15)11-17(19)20/h6-9,13,16H,3-5,10-12H2,1-2H3,(H,19,20). The summed E-state index contributed by atoms with van der Waals surface area (Å²) in [7, 11) is 2.20. The van der Waals surface area contributed by atoms with Gasteiger partial charge in [0.2, 0.25) is 0 Å². The van der Waals surface area contributed by atoms with Gasteiger partial charge in [0.25, 0.3) is 0 Å². The number of rotatable bonds is 5. The normalized spacial score (nSPS) is 22.9. The molecular formula is C17H25NO2. The molecule has 3 heteroatoms. The molecule has 0 spiro atoms. The molecule has 2 atom stereocenters. The Balaban J connectivity index is 1.90. The molecule has 0 aliphatic heterocycles. The fraction of sp³-hybridized carbons (Fsp3) is 0.588. The number of carboxylic acids is 1. The molecule has 20 heavy (non-hydrogen) atoms. The fourth-order valence-electron chi connectivity index (χ4n) is 3.16. The van der Waals surface area contributed by atoms with E-state index in [-0.39, 0.29) is 6.42 Å². The highest BCUT2D eigenvalue weighted by Gasteiger charge is 2.22. The van der Waals surface area contributed by atoms with Crippen molar-refractivity contribution in [1.29, 1.82) is 0 Å². The average molecular weight is 275 g/mol. The summed E-state index contributed by atoms with van der Waals surface area (Å²) in [5, 5.41) is 8.77. The van der Waals surface area contributed by atoms with E-state index in [0.717, 1.165) is 18.0 Å². The number of nitrogens with zero attached hydrogens (tertiary/aromatic N) is 1. The van der Waals surface area contributed by atoms with Crippen molar-refractivity contribution in [2.24, 2.45) is 5.92 Å². The third-order valence-electron chi connectivity index (χ3n) is 4.34. The van der Waals surface area contributed by atoms with Gasteiger partial charge in [-0.15, -0.1) is 0 Å². The predicted octanol–water partition coefficient (Wildman–Crippen LogP) is 3.32. The van der Waals surface area contributed by atoms with Crippen LogP contribution in [0.3, 0.4) is 0 Å². The molecule has 0 aromatic heterocycles. The molecular weight excluding hydrogens is 250 g/mol. The maximum absolute atomic E-state index is 10.7. The monoisotopic (exact) mass is 275 g/mol. The molecule has 1 aromatic rings. The maximum atomic E-state index is 10.7. The van der Waals surface area contributed by atoms with E-state index >= 15 is 0 Å². The fourth-order valence-corrected chi connectivity index (χ4v) is 3.16. The summed E-state index contributed by atoms with van der Waals surface area (Å²) >= 11 is 0. The lowest BCUT2D eigenvalue weighted by atomic mass is 9.86. The van der Waals surface area contributed by atoms with Crippen molar-refractivity contribution in [3.8, 4) is 0 Å². The van der Waals surface area contributed by atoms with Crippen LogP contribution in [0.1, 0.15) is 43.7 Å². The van der Waals surface area contributed by atoms with Gasteiger partial charge in [0.15, 0.2) is 0 Å². The van der Waals surface area contributed by atoms with Gasteiger partial charge in [-0.25, -0.2) is 0 Å². The number of carboxylic acid groups (broad SMARTS) is 1. The lowest BCUT2D eigenvalue weighted by Gasteiger charge is -2.34. The molecule has 1 aliphatic rings. The number of benzene rings is 1. The lowest BCUT2D eigenvalue weighted by molar-refractivity contribution is -0.136. The van der Waals surface area contributed by atoms with Crippen molar-refractivity contribution in [2.45, 2.75) is 51.6 Å². The first-order chi connectivity index (χ1) is 9.54. The smallest absolute Gasteiger partial charge is 0.307 e. The van der Waals surface area contributed by atoms with E-state index in [2.05, 4.69) is 31.0 Å². The molecule has 0 amide bonds. The van der Waals surface area contributed by atoms with Gasteiger partial charge < -0.3 is 5.11 Å². The topological polar surface area (TPSA) is 40.5 Å². The van der Waals surface area contributed by atoms with Crippen LogP contribution in [0.2, 0.25) is 0 Å². The van der Waals surface area contributed by atoms with E-state index in [1.165, 1.54) is 31.2 Å². The molecule has 1 aromatic carbocycles. The number of hydrogen-bond acceptors (Lipinski definition) is 2. The van der Waals surface area contributed by atoms with Crippen molar-refractivity contribution >= 4 is 5.97 Å². The average Bonchev–Trinajstić information content (AvgIpc) is 2.40. The highest BCUT2D eigenvalue weighted by molar-refractivity contribution is 5.70. The van der Waals surface area contributed by atoms with E-state index < -0.39 is 5.97 Å².